The number of rotatable bonds is 5. The minimum Gasteiger partial charge on any atom is -0.381 e. The van der Waals surface area contributed by atoms with Gasteiger partial charge in [0.05, 0.1) is 6.07 Å². The molecule has 2 atom stereocenters. The summed E-state index contributed by atoms with van der Waals surface area (Å²) < 4.78 is 5.34. The second kappa shape index (κ2) is 7.80. The SMILES string of the molecule is CC(NC(=O)C(C#N)Cc1ccccc1)C1CCOCC1. The molecule has 1 aromatic rings. The summed E-state index contributed by atoms with van der Waals surface area (Å²) in [6, 6.07) is 11.9. The summed E-state index contributed by atoms with van der Waals surface area (Å²) >= 11 is 0. The van der Waals surface area contributed by atoms with Crippen LogP contribution in [0.5, 0.6) is 0 Å². The maximum absolute atomic E-state index is 12.3. The summed E-state index contributed by atoms with van der Waals surface area (Å²) in [5.74, 6) is -0.353. The molecule has 1 fully saturated rings. The molecule has 1 N–H and O–H groups in total. The average molecular weight is 286 g/mol. The zero-order chi connectivity index (χ0) is 15.1. The number of carbonyl (C=O) groups is 1. The van der Waals surface area contributed by atoms with Crippen LogP contribution in [0.25, 0.3) is 0 Å². The molecule has 1 aliphatic heterocycles. The summed E-state index contributed by atoms with van der Waals surface area (Å²) in [7, 11) is 0. The van der Waals surface area contributed by atoms with Crippen LogP contribution in [0.2, 0.25) is 0 Å². The predicted molar refractivity (Wildman–Crippen MR) is 80.4 cm³/mol. The van der Waals surface area contributed by atoms with Gasteiger partial charge in [0.1, 0.15) is 5.92 Å². The Kier molecular flexibility index (Phi) is 5.77. The highest BCUT2D eigenvalue weighted by molar-refractivity contribution is 5.81. The quantitative estimate of drug-likeness (QED) is 0.903. The number of hydrogen-bond acceptors (Lipinski definition) is 3. The van der Waals surface area contributed by atoms with Crippen LogP contribution in [-0.4, -0.2) is 25.2 Å². The van der Waals surface area contributed by atoms with Crippen molar-refractivity contribution in [2.24, 2.45) is 11.8 Å². The first-order valence-corrected chi connectivity index (χ1v) is 7.52. The van der Waals surface area contributed by atoms with Gasteiger partial charge in [0.25, 0.3) is 0 Å². The van der Waals surface area contributed by atoms with Crippen molar-refractivity contribution >= 4 is 5.91 Å². The van der Waals surface area contributed by atoms with E-state index in [-0.39, 0.29) is 11.9 Å². The Morgan fingerprint density at radius 2 is 2.05 bits per heavy atom. The van der Waals surface area contributed by atoms with Gasteiger partial charge in [-0.05, 0) is 37.7 Å². The third-order valence-corrected chi connectivity index (χ3v) is 4.10. The normalized spacial score (nSPS) is 18.5. The first kappa shape index (κ1) is 15.5. The van der Waals surface area contributed by atoms with E-state index in [2.05, 4.69) is 11.4 Å². The van der Waals surface area contributed by atoms with Gasteiger partial charge in [0, 0.05) is 19.3 Å². The van der Waals surface area contributed by atoms with Crippen LogP contribution in [0.4, 0.5) is 0 Å². The molecule has 2 rings (SSSR count). The van der Waals surface area contributed by atoms with Gasteiger partial charge in [-0.3, -0.25) is 4.79 Å². The summed E-state index contributed by atoms with van der Waals surface area (Å²) in [6.07, 6.45) is 2.40. The summed E-state index contributed by atoms with van der Waals surface area (Å²) in [4.78, 5) is 12.3. The Balaban J connectivity index is 1.89. The van der Waals surface area contributed by atoms with Crippen molar-refractivity contribution in [3.05, 3.63) is 35.9 Å². The number of nitrogens with zero attached hydrogens (tertiary/aromatic N) is 1. The van der Waals surface area contributed by atoms with Crippen LogP contribution in [-0.2, 0) is 16.0 Å². The van der Waals surface area contributed by atoms with Crippen LogP contribution in [0, 0.1) is 23.2 Å². The van der Waals surface area contributed by atoms with Crippen LogP contribution < -0.4 is 5.32 Å². The van der Waals surface area contributed by atoms with Crippen molar-refractivity contribution < 1.29 is 9.53 Å². The highest BCUT2D eigenvalue weighted by atomic mass is 16.5. The first-order valence-electron chi connectivity index (χ1n) is 7.52. The maximum Gasteiger partial charge on any atom is 0.237 e. The largest absolute Gasteiger partial charge is 0.381 e. The van der Waals surface area contributed by atoms with E-state index in [9.17, 15) is 10.1 Å². The Morgan fingerprint density at radius 3 is 2.67 bits per heavy atom. The summed E-state index contributed by atoms with van der Waals surface area (Å²) in [6.45, 7) is 3.54. The molecular weight excluding hydrogens is 264 g/mol. The molecule has 2 unspecified atom stereocenters. The standard InChI is InChI=1S/C17H22N2O2/c1-13(15-7-9-21-10-8-15)19-17(20)16(12-18)11-14-5-3-2-4-6-14/h2-6,13,15-16H,7-11H2,1H3,(H,19,20). The van der Waals surface area contributed by atoms with E-state index >= 15 is 0 Å². The zero-order valence-electron chi connectivity index (χ0n) is 12.4. The molecule has 1 aliphatic rings. The summed E-state index contributed by atoms with van der Waals surface area (Å²) in [5, 5.41) is 12.3. The Morgan fingerprint density at radius 1 is 1.38 bits per heavy atom. The molecule has 1 heterocycles. The highest BCUT2D eigenvalue weighted by Crippen LogP contribution is 2.19. The molecule has 0 radical (unpaired) electrons. The second-order valence-electron chi connectivity index (χ2n) is 5.62. The molecule has 4 nitrogen and oxygen atoms in total. The molecule has 1 aromatic carbocycles. The van der Waals surface area contributed by atoms with Crippen LogP contribution in [0.3, 0.4) is 0 Å². The van der Waals surface area contributed by atoms with Crippen LogP contribution in [0.1, 0.15) is 25.3 Å². The Labute approximate surface area is 126 Å². The zero-order valence-corrected chi connectivity index (χ0v) is 12.4. The molecule has 0 bridgehead atoms. The van der Waals surface area contributed by atoms with Crippen molar-refractivity contribution in [1.29, 1.82) is 5.26 Å². The maximum atomic E-state index is 12.3. The lowest BCUT2D eigenvalue weighted by molar-refractivity contribution is -0.124. The van der Waals surface area contributed by atoms with Crippen LogP contribution >= 0.6 is 0 Å². The number of nitrogens with one attached hydrogen (secondary N) is 1. The van der Waals surface area contributed by atoms with Gasteiger partial charge in [-0.1, -0.05) is 30.3 Å². The van der Waals surface area contributed by atoms with Gasteiger partial charge in [0.2, 0.25) is 5.91 Å². The van der Waals surface area contributed by atoms with E-state index in [1.807, 2.05) is 37.3 Å². The molecular formula is C17H22N2O2. The number of nitriles is 1. The van der Waals surface area contributed by atoms with Gasteiger partial charge < -0.3 is 10.1 Å². The highest BCUT2D eigenvalue weighted by Gasteiger charge is 2.25. The number of hydrogen-bond donors (Lipinski definition) is 1. The van der Waals surface area contributed by atoms with Gasteiger partial charge in [0.15, 0.2) is 0 Å². The molecule has 0 aliphatic carbocycles. The molecule has 4 heteroatoms. The molecule has 0 spiro atoms. The second-order valence-corrected chi connectivity index (χ2v) is 5.62. The third-order valence-electron chi connectivity index (χ3n) is 4.10. The van der Waals surface area contributed by atoms with E-state index in [0.29, 0.717) is 12.3 Å². The average Bonchev–Trinajstić information content (AvgIpc) is 2.54. The van der Waals surface area contributed by atoms with E-state index < -0.39 is 5.92 Å². The predicted octanol–water partition coefficient (Wildman–Crippen LogP) is 2.30. The molecule has 21 heavy (non-hydrogen) atoms. The van der Waals surface area contributed by atoms with E-state index in [1.54, 1.807) is 0 Å². The molecule has 1 saturated heterocycles. The number of carbonyl (C=O) groups excluding carboxylic acids is 1. The fourth-order valence-electron chi connectivity index (χ4n) is 2.71. The minimum atomic E-state index is -0.630. The van der Waals surface area contributed by atoms with Crippen molar-refractivity contribution in [2.75, 3.05) is 13.2 Å². The first-order chi connectivity index (χ1) is 10.2. The molecule has 1 amide bonds. The topological polar surface area (TPSA) is 62.1 Å². The lowest BCUT2D eigenvalue weighted by atomic mass is 9.92. The Bertz CT molecular complexity index is 489. The van der Waals surface area contributed by atoms with Crippen LogP contribution in [0.15, 0.2) is 30.3 Å². The minimum absolute atomic E-state index is 0.0908. The van der Waals surface area contributed by atoms with Crippen molar-refractivity contribution in [3.8, 4) is 6.07 Å². The summed E-state index contributed by atoms with van der Waals surface area (Å²) in [5.41, 5.74) is 1.01. The van der Waals surface area contributed by atoms with E-state index in [0.717, 1.165) is 31.6 Å². The fraction of sp³-hybridized carbons (Fsp3) is 0.529. The molecule has 112 valence electrons. The fourth-order valence-corrected chi connectivity index (χ4v) is 2.71. The van der Waals surface area contributed by atoms with Crippen molar-refractivity contribution in [3.63, 3.8) is 0 Å². The number of benzene rings is 1. The van der Waals surface area contributed by atoms with Gasteiger partial charge in [-0.2, -0.15) is 5.26 Å². The van der Waals surface area contributed by atoms with E-state index in [1.165, 1.54) is 0 Å². The van der Waals surface area contributed by atoms with Crippen molar-refractivity contribution in [2.45, 2.75) is 32.2 Å². The van der Waals surface area contributed by atoms with Gasteiger partial charge in [-0.25, -0.2) is 0 Å². The lowest BCUT2D eigenvalue weighted by Crippen LogP contribution is -2.43. The number of ether oxygens (including phenoxy) is 1. The Hall–Kier alpha value is -1.86. The molecule has 0 saturated carbocycles. The number of amides is 1. The van der Waals surface area contributed by atoms with Gasteiger partial charge in [-0.15, -0.1) is 0 Å². The monoisotopic (exact) mass is 286 g/mol. The molecule has 0 aromatic heterocycles. The lowest BCUT2D eigenvalue weighted by Gasteiger charge is -2.28. The van der Waals surface area contributed by atoms with Gasteiger partial charge >= 0.3 is 0 Å². The smallest absolute Gasteiger partial charge is 0.237 e. The van der Waals surface area contributed by atoms with E-state index in [4.69, 9.17) is 4.74 Å². The third kappa shape index (κ3) is 4.57. The van der Waals surface area contributed by atoms with Crippen molar-refractivity contribution in [1.82, 2.24) is 5.32 Å².